The van der Waals surface area contributed by atoms with Crippen molar-refractivity contribution in [1.29, 1.82) is 0 Å². The van der Waals surface area contributed by atoms with E-state index >= 15 is 0 Å². The number of nitrogens with one attached hydrogen (secondary N) is 1. The summed E-state index contributed by atoms with van der Waals surface area (Å²) in [5.41, 5.74) is 2.95. The zero-order valence-electron chi connectivity index (χ0n) is 23.6. The summed E-state index contributed by atoms with van der Waals surface area (Å²) in [6.45, 7) is 6.11. The van der Waals surface area contributed by atoms with E-state index < -0.39 is 26.7 Å². The molecule has 0 bridgehead atoms. The second-order valence-corrected chi connectivity index (χ2v) is 14.7. The lowest BCUT2D eigenvalue weighted by atomic mass is 10.0. The average molecular weight is 579 g/mol. The quantitative estimate of drug-likeness (QED) is 0.461. The van der Waals surface area contributed by atoms with Gasteiger partial charge in [-0.1, -0.05) is 12.1 Å². The van der Waals surface area contributed by atoms with E-state index in [2.05, 4.69) is 10.4 Å². The van der Waals surface area contributed by atoms with Gasteiger partial charge in [-0.25, -0.2) is 12.7 Å². The molecular weight excluding hydrogens is 544 g/mol. The van der Waals surface area contributed by atoms with Crippen LogP contribution in [0.15, 0.2) is 42.7 Å². The monoisotopic (exact) mass is 578 g/mol. The average Bonchev–Trinajstić information content (AvgIpc) is 3.53. The van der Waals surface area contributed by atoms with E-state index in [-0.39, 0.29) is 30.7 Å². The highest BCUT2D eigenvalue weighted by atomic mass is 32.2. The Morgan fingerprint density at radius 1 is 1.02 bits per heavy atom. The molecular formula is C29H34N6O5S. The van der Waals surface area contributed by atoms with Crippen molar-refractivity contribution in [3.63, 3.8) is 0 Å². The van der Waals surface area contributed by atoms with Crippen LogP contribution >= 0.6 is 0 Å². The summed E-state index contributed by atoms with van der Waals surface area (Å²) in [6.07, 6.45) is 5.60. The smallest absolute Gasteiger partial charge is 0.259 e. The van der Waals surface area contributed by atoms with Crippen LogP contribution in [0.2, 0.25) is 0 Å². The van der Waals surface area contributed by atoms with Crippen LogP contribution in [0.3, 0.4) is 0 Å². The normalized spacial score (nSPS) is 20.6. The lowest BCUT2D eigenvalue weighted by Crippen LogP contribution is -2.53. The SMILES string of the molecule is CN(c1cnn(C2CCN(S(=O)(=O)C(C)(C)C)CC2)c1)c1ccc2c3c(cccc13)C(=O)N2C1CCC(=O)NC1=O. The van der Waals surface area contributed by atoms with Gasteiger partial charge < -0.3 is 4.90 Å². The minimum atomic E-state index is -3.36. The molecule has 6 rings (SSSR count). The highest BCUT2D eigenvalue weighted by Crippen LogP contribution is 2.44. The molecule has 2 fully saturated rings. The predicted octanol–water partition coefficient (Wildman–Crippen LogP) is 3.33. The largest absolute Gasteiger partial charge is 0.342 e. The molecule has 0 spiro atoms. The van der Waals surface area contributed by atoms with Crippen LogP contribution in [-0.2, 0) is 19.6 Å². The number of hydrogen-bond acceptors (Lipinski definition) is 7. The van der Waals surface area contributed by atoms with E-state index in [4.69, 9.17) is 0 Å². The number of imide groups is 1. The van der Waals surface area contributed by atoms with Gasteiger partial charge in [0.25, 0.3) is 5.91 Å². The Morgan fingerprint density at radius 2 is 1.76 bits per heavy atom. The van der Waals surface area contributed by atoms with Gasteiger partial charge in [0.1, 0.15) is 6.04 Å². The Hall–Kier alpha value is -3.77. The van der Waals surface area contributed by atoms with Crippen molar-refractivity contribution in [2.24, 2.45) is 0 Å². The molecule has 3 amide bonds. The Labute approximate surface area is 239 Å². The molecule has 0 radical (unpaired) electrons. The molecule has 41 heavy (non-hydrogen) atoms. The van der Waals surface area contributed by atoms with Gasteiger partial charge in [0.15, 0.2) is 0 Å². The summed E-state index contributed by atoms with van der Waals surface area (Å²) in [5.74, 6) is -1.02. The molecule has 11 nitrogen and oxygen atoms in total. The third-order valence-electron chi connectivity index (χ3n) is 8.47. The zero-order chi connectivity index (χ0) is 29.3. The fourth-order valence-corrected chi connectivity index (χ4v) is 7.56. The maximum Gasteiger partial charge on any atom is 0.259 e. The van der Waals surface area contributed by atoms with Gasteiger partial charge in [-0.05, 0) is 58.2 Å². The number of carbonyl (C=O) groups is 3. The van der Waals surface area contributed by atoms with Crippen LogP contribution in [0.25, 0.3) is 10.8 Å². The van der Waals surface area contributed by atoms with Gasteiger partial charge in [-0.3, -0.25) is 29.3 Å². The van der Waals surface area contributed by atoms with Gasteiger partial charge in [-0.2, -0.15) is 5.10 Å². The van der Waals surface area contributed by atoms with Crippen LogP contribution in [-0.4, -0.2) is 71.2 Å². The number of piperidine rings is 2. The number of amides is 3. The van der Waals surface area contributed by atoms with Crippen LogP contribution in [0.1, 0.15) is 62.9 Å². The summed E-state index contributed by atoms with van der Waals surface area (Å²) in [4.78, 5) is 41.3. The third-order valence-corrected chi connectivity index (χ3v) is 11.1. The molecule has 4 heterocycles. The fourth-order valence-electron chi connectivity index (χ4n) is 6.10. The second-order valence-electron chi connectivity index (χ2n) is 12.0. The molecule has 1 aromatic heterocycles. The van der Waals surface area contributed by atoms with E-state index in [9.17, 15) is 22.8 Å². The minimum Gasteiger partial charge on any atom is -0.342 e. The van der Waals surface area contributed by atoms with E-state index in [1.54, 1.807) is 37.3 Å². The number of aromatic nitrogens is 2. The van der Waals surface area contributed by atoms with Crippen LogP contribution in [0, 0.1) is 0 Å². The molecule has 3 aromatic rings. The van der Waals surface area contributed by atoms with E-state index in [0.29, 0.717) is 37.2 Å². The second kappa shape index (κ2) is 9.66. The molecule has 0 aliphatic carbocycles. The van der Waals surface area contributed by atoms with Crippen molar-refractivity contribution in [2.75, 3.05) is 29.9 Å². The number of nitrogens with zero attached hydrogens (tertiary/aromatic N) is 5. The number of sulfonamides is 1. The molecule has 216 valence electrons. The maximum atomic E-state index is 13.5. The van der Waals surface area contributed by atoms with E-state index in [1.165, 1.54) is 4.90 Å². The summed E-state index contributed by atoms with van der Waals surface area (Å²) in [6, 6.07) is 8.74. The Kier molecular flexibility index (Phi) is 6.46. The third kappa shape index (κ3) is 4.40. The zero-order valence-corrected chi connectivity index (χ0v) is 24.4. The van der Waals surface area contributed by atoms with Crippen molar-refractivity contribution in [3.05, 3.63) is 48.3 Å². The van der Waals surface area contributed by atoms with Crippen molar-refractivity contribution in [2.45, 2.75) is 63.3 Å². The first-order valence-electron chi connectivity index (χ1n) is 13.9. The molecule has 3 aliphatic heterocycles. The number of hydrogen-bond donors (Lipinski definition) is 1. The van der Waals surface area contributed by atoms with Gasteiger partial charge in [0.05, 0.1) is 28.4 Å². The van der Waals surface area contributed by atoms with Crippen molar-refractivity contribution in [3.8, 4) is 0 Å². The summed E-state index contributed by atoms with van der Waals surface area (Å²) in [5, 5.41) is 8.64. The summed E-state index contributed by atoms with van der Waals surface area (Å²) >= 11 is 0. The Morgan fingerprint density at radius 3 is 2.44 bits per heavy atom. The van der Waals surface area contributed by atoms with Gasteiger partial charge in [0.2, 0.25) is 21.8 Å². The number of rotatable bonds is 5. The predicted molar refractivity (Wildman–Crippen MR) is 156 cm³/mol. The Balaban J connectivity index is 1.25. The molecule has 1 atom stereocenters. The van der Waals surface area contributed by atoms with Crippen molar-refractivity contribution < 1.29 is 22.8 Å². The van der Waals surface area contributed by atoms with Crippen molar-refractivity contribution in [1.82, 2.24) is 19.4 Å². The first kappa shape index (κ1) is 27.4. The molecule has 1 N–H and O–H groups in total. The first-order valence-corrected chi connectivity index (χ1v) is 15.3. The minimum absolute atomic E-state index is 0.0936. The maximum absolute atomic E-state index is 13.5. The van der Waals surface area contributed by atoms with Gasteiger partial charge in [0, 0.05) is 54.8 Å². The van der Waals surface area contributed by atoms with E-state index in [0.717, 1.165) is 22.1 Å². The van der Waals surface area contributed by atoms with Crippen molar-refractivity contribution >= 4 is 55.6 Å². The van der Waals surface area contributed by atoms with Gasteiger partial charge >= 0.3 is 0 Å². The molecule has 2 aromatic carbocycles. The van der Waals surface area contributed by atoms with Crippen LogP contribution in [0.5, 0.6) is 0 Å². The number of carbonyl (C=O) groups excluding carboxylic acids is 3. The van der Waals surface area contributed by atoms with Crippen LogP contribution < -0.4 is 15.1 Å². The first-order chi connectivity index (χ1) is 19.4. The lowest BCUT2D eigenvalue weighted by molar-refractivity contribution is -0.134. The molecule has 2 saturated heterocycles. The number of anilines is 3. The Bertz CT molecular complexity index is 1680. The highest BCUT2D eigenvalue weighted by molar-refractivity contribution is 7.90. The topological polar surface area (TPSA) is 125 Å². The van der Waals surface area contributed by atoms with Gasteiger partial charge in [-0.15, -0.1) is 0 Å². The number of benzene rings is 2. The molecule has 12 heteroatoms. The fraction of sp³-hybridized carbons (Fsp3) is 0.448. The summed E-state index contributed by atoms with van der Waals surface area (Å²) < 4.78 is 28.4. The summed E-state index contributed by atoms with van der Waals surface area (Å²) in [7, 11) is -1.42. The highest BCUT2D eigenvalue weighted by Gasteiger charge is 2.41. The molecule has 0 saturated carbocycles. The molecule has 3 aliphatic rings. The van der Waals surface area contributed by atoms with Crippen LogP contribution in [0.4, 0.5) is 17.1 Å². The molecule has 1 unspecified atom stereocenters. The van der Waals surface area contributed by atoms with E-state index in [1.807, 2.05) is 47.1 Å². The standard InChI is InChI=1S/C29H34N6O5S/c1-29(2,3)41(39,40)33-14-12-18(13-15-33)34-17-19(16-30-34)32(4)22-8-9-23-26-20(22)6-5-7-21(26)28(38)35(23)24-10-11-25(36)31-27(24)37/h5-9,16-18,24H,10-15H2,1-4H3,(H,31,36,37). The lowest BCUT2D eigenvalue weighted by Gasteiger charge is -2.35.